The van der Waals surface area contributed by atoms with Crippen molar-refractivity contribution in [2.45, 2.75) is 504 Å². The summed E-state index contributed by atoms with van der Waals surface area (Å²) in [6.45, 7) is 37.7. The van der Waals surface area contributed by atoms with Gasteiger partial charge in [-0.2, -0.15) is 0 Å². The molecule has 0 spiro atoms. The van der Waals surface area contributed by atoms with Crippen LogP contribution in [0.4, 0.5) is 0 Å². The Balaban J connectivity index is -0.000000124. The first-order chi connectivity index (χ1) is 52.4. The molecule has 7 rings (SSSR count). The third kappa shape index (κ3) is 156. The van der Waals surface area contributed by atoms with Crippen LogP contribution < -0.4 is 91.7 Å². The van der Waals surface area contributed by atoms with Crippen LogP contribution in [0.3, 0.4) is 0 Å². The zero-order chi connectivity index (χ0) is 84.8. The first kappa shape index (κ1) is 129. The number of hydrogen-bond acceptors (Lipinski definition) is 16. The van der Waals surface area contributed by atoms with Crippen molar-refractivity contribution in [1.29, 1.82) is 0 Å². The number of nitrogens with two attached hydrogens (primary N) is 16. The van der Waals surface area contributed by atoms with Crippen molar-refractivity contribution in [3.05, 3.63) is 12.7 Å². The lowest BCUT2D eigenvalue weighted by Gasteiger charge is -2.55. The third-order valence-electron chi connectivity index (χ3n) is 18.8. The van der Waals surface area contributed by atoms with Crippen molar-refractivity contribution in [3.63, 3.8) is 0 Å². The molecule has 7 saturated carbocycles. The average molecular weight is 1560 g/mol. The predicted octanol–water partition coefficient (Wildman–Crippen LogP) is 21.1. The van der Waals surface area contributed by atoms with Gasteiger partial charge in [-0.1, -0.05) is 332 Å². The van der Waals surface area contributed by atoms with Crippen LogP contribution in [-0.4, -0.2) is 101 Å². The molecule has 7 aliphatic rings. The van der Waals surface area contributed by atoms with E-state index in [9.17, 15) is 0 Å². The van der Waals surface area contributed by atoms with Crippen molar-refractivity contribution in [2.75, 3.05) is 66.0 Å². The topological polar surface area (TPSA) is 416 Å². The van der Waals surface area contributed by atoms with Crippen LogP contribution in [0.2, 0.25) is 0 Å². The highest BCUT2D eigenvalue weighted by atomic mass is 14.8. The van der Waals surface area contributed by atoms with E-state index in [1.165, 1.54) is 379 Å². The Labute approximate surface area is 688 Å². The van der Waals surface area contributed by atoms with E-state index >= 15 is 0 Å². The molecule has 16 heteroatoms. The molecule has 0 radical (unpaired) electrons. The van der Waals surface area contributed by atoms with Gasteiger partial charge in [-0.25, -0.2) is 0 Å². The van der Waals surface area contributed by atoms with Gasteiger partial charge in [-0.15, -0.1) is 6.58 Å². The molecule has 16 nitrogen and oxygen atoms in total. The molecule has 672 valence electrons. The van der Waals surface area contributed by atoms with Crippen molar-refractivity contribution in [1.82, 2.24) is 0 Å². The van der Waals surface area contributed by atoms with Crippen molar-refractivity contribution >= 4 is 0 Å². The monoisotopic (exact) mass is 1560 g/mol. The van der Waals surface area contributed by atoms with Crippen LogP contribution in [0.1, 0.15) is 469 Å². The molecule has 7 fully saturated rings. The second kappa shape index (κ2) is 118. The molecule has 0 aromatic heterocycles. The Bertz CT molecular complexity index is 1340. The first-order valence-corrected chi connectivity index (χ1v) is 47.5. The minimum atomic E-state index is 0. The van der Waals surface area contributed by atoms with Crippen LogP contribution in [0.5, 0.6) is 0 Å². The van der Waals surface area contributed by atoms with Gasteiger partial charge < -0.3 is 91.7 Å². The minimum Gasteiger partial charge on any atom is -0.333 e. The van der Waals surface area contributed by atoms with Gasteiger partial charge in [0.2, 0.25) is 0 Å². The van der Waals surface area contributed by atoms with Gasteiger partial charge >= 0.3 is 0 Å². The van der Waals surface area contributed by atoms with Gasteiger partial charge in [0.1, 0.15) is 0 Å². The zero-order valence-electron chi connectivity index (χ0n) is 77.6. The Morgan fingerprint density at radius 3 is 0.587 bits per heavy atom. The number of rotatable bonds is 43. The van der Waals surface area contributed by atoms with Crippen molar-refractivity contribution < 1.29 is 0 Å². The Morgan fingerprint density at radius 2 is 0.468 bits per heavy atom. The van der Waals surface area contributed by atoms with Crippen LogP contribution in [0.15, 0.2) is 12.7 Å². The molecule has 32 N–H and O–H groups in total. The fraction of sp³-hybridized carbons (Fsp3) is 0.978. The molecule has 109 heavy (non-hydrogen) atoms. The molecule has 7 aliphatic carbocycles. The zero-order valence-corrected chi connectivity index (χ0v) is 77.6. The van der Waals surface area contributed by atoms with Crippen molar-refractivity contribution in [2.24, 2.45) is 109 Å². The highest BCUT2D eigenvalue weighted by Gasteiger charge is 2.48. The molecule has 0 amide bonds. The van der Waals surface area contributed by atoms with Gasteiger partial charge in [0, 0.05) is 35.7 Å². The quantitative estimate of drug-likeness (QED) is 0.0199. The van der Waals surface area contributed by atoms with E-state index in [2.05, 4.69) is 60.8 Å². The maximum absolute atomic E-state index is 6.32. The maximum Gasteiger partial charge on any atom is 0.0162 e. The van der Waals surface area contributed by atoms with Crippen LogP contribution in [0, 0.1) is 17.8 Å². The van der Waals surface area contributed by atoms with Gasteiger partial charge in [0.25, 0.3) is 0 Å². The maximum atomic E-state index is 6.32. The fourth-order valence-electron chi connectivity index (χ4n) is 12.8. The Morgan fingerprint density at radius 1 is 0.321 bits per heavy atom. The first-order valence-electron chi connectivity index (χ1n) is 47.5. The summed E-state index contributed by atoms with van der Waals surface area (Å²) in [5.41, 5.74) is 84.6. The van der Waals surface area contributed by atoms with E-state index in [0.29, 0.717) is 36.3 Å². The Hall–Kier alpha value is -0.900. The van der Waals surface area contributed by atoms with Gasteiger partial charge in [0.05, 0.1) is 0 Å². The molecule has 0 aliphatic heterocycles. The summed E-state index contributed by atoms with van der Waals surface area (Å²) in [5, 5.41) is 0. The predicted molar refractivity (Wildman–Crippen MR) is 504 cm³/mol. The van der Waals surface area contributed by atoms with Crippen LogP contribution >= 0.6 is 0 Å². The average Bonchev–Trinajstić information content (AvgIpc) is 1.56. The number of unbranched alkanes of at least 4 members (excludes halogenated alkanes) is 35. The van der Waals surface area contributed by atoms with Crippen LogP contribution in [0.25, 0.3) is 0 Å². The smallest absolute Gasteiger partial charge is 0.0162 e. The summed E-state index contributed by atoms with van der Waals surface area (Å²) < 4.78 is 0. The van der Waals surface area contributed by atoms with Crippen LogP contribution in [-0.2, 0) is 0 Å². The van der Waals surface area contributed by atoms with E-state index in [0.717, 1.165) is 76.5 Å². The molecular weight excluding hydrogens is 1340 g/mol. The van der Waals surface area contributed by atoms with E-state index in [1.54, 1.807) is 6.08 Å². The van der Waals surface area contributed by atoms with E-state index in [1.807, 2.05) is 41.5 Å². The summed E-state index contributed by atoms with van der Waals surface area (Å²) >= 11 is 0. The molecular formula is C93H220N16. The van der Waals surface area contributed by atoms with Gasteiger partial charge in [-0.3, -0.25) is 0 Å². The lowest BCUT2D eigenvalue weighted by Crippen LogP contribution is -2.55. The minimum absolute atomic E-state index is 0. The normalized spacial score (nSPS) is 17.2. The lowest BCUT2D eigenvalue weighted by atomic mass is 9.53. The van der Waals surface area contributed by atoms with Gasteiger partial charge in [-0.05, 0) is 226 Å². The second-order valence-electron chi connectivity index (χ2n) is 33.5. The third-order valence-corrected chi connectivity index (χ3v) is 18.8. The molecule has 0 atom stereocenters. The summed E-state index contributed by atoms with van der Waals surface area (Å²) in [4.78, 5) is 0. The summed E-state index contributed by atoms with van der Waals surface area (Å²) in [6, 6.07) is 2.00. The van der Waals surface area contributed by atoms with Crippen molar-refractivity contribution in [3.8, 4) is 0 Å². The number of hydrogen-bond donors (Lipinski definition) is 16. The molecule has 0 saturated heterocycles. The summed E-state index contributed by atoms with van der Waals surface area (Å²) in [5.74, 6) is 3.06. The second-order valence-corrected chi connectivity index (χ2v) is 33.5. The molecule has 0 aromatic rings. The SMILES string of the molecule is C=CCN.CC(C)(C)N.CC(C)N.CCCCCCCCCCCCCCCCCCN.CCCCCCCCCCCCN.CCCCCCCCN.CCCCCCN.CCCCCN.CCCCN.CCCN.CCN.CN.NC12CC3CC(CC(C3)C1)C2.NC1CC1.NC1CCCC1.NC1CCCCC1. The largest absolute Gasteiger partial charge is 0.333 e. The van der Waals surface area contributed by atoms with Gasteiger partial charge in [0.15, 0.2) is 0 Å². The van der Waals surface area contributed by atoms with E-state index in [4.69, 9.17) is 86.0 Å². The van der Waals surface area contributed by atoms with E-state index < -0.39 is 0 Å². The molecule has 4 bridgehead atoms. The Kier molecular flexibility index (Phi) is 139. The fourth-order valence-corrected chi connectivity index (χ4v) is 12.8. The lowest BCUT2D eigenvalue weighted by molar-refractivity contribution is 0.000361. The highest BCUT2D eigenvalue weighted by molar-refractivity contribution is 5.04. The van der Waals surface area contributed by atoms with E-state index in [-0.39, 0.29) is 5.54 Å². The molecule has 0 heterocycles. The highest BCUT2D eigenvalue weighted by Crippen LogP contribution is 2.54. The summed E-state index contributed by atoms with van der Waals surface area (Å²) in [7, 11) is 1.50. The molecule has 0 unspecified atom stereocenters. The molecule has 0 aromatic carbocycles. The summed E-state index contributed by atoms with van der Waals surface area (Å²) in [6.07, 6.45) is 81.9. The standard InChI is InChI=1S/C18H39N.C12H27N.C10H17N.C8H19N.C6H13N.C6H15N.C5H11N.C5H13N.2C4H11N.C3H7N.2C3H9N.C3H7N.C2H7N.CH5N/c1-2-3-4-5-6-7-8-9-10-11-12-13-14-15-16-17-18-19;1-2-3-4-5-6-7-8-9-10-11-12-13;11-10-4-7-1-8(5-10)3-9(2-7)6-10;1-2-3-4-5-6-7-8-9;7-6-4-2-1-3-5-6;1-2-3-4-5-6-7;6-5-3-1-2-4-5;1-2-3-4-5-6;1-4(2,3)5;1-2-3-4-5;4-3-1-2-3;1-3(2)4;2*1-2-3-4;1-2-3;1-2/h2-19H2,1H3;2-13H2,1H3;7-9H,1-6,11H2;2-9H2,1H3;6H,1-5,7H2;2-7H2,1H3;5H,1-4,6H2;2-6H2,1H3;5H2,1-3H3;2-5H2,1H3;3H,1-2,4H2;3H,4H2,1-2H3;2-4H2,1H3;2H,1,3-4H2;2-3H2,1H3;2H2,1H3.